The van der Waals surface area contributed by atoms with Gasteiger partial charge in [-0.25, -0.2) is 9.18 Å². The number of carbonyl (C=O) groups is 3. The van der Waals surface area contributed by atoms with E-state index in [1.807, 2.05) is 6.08 Å². The summed E-state index contributed by atoms with van der Waals surface area (Å²) in [6, 6.07) is 4.04. The van der Waals surface area contributed by atoms with Crippen LogP contribution in [0.1, 0.15) is 51.0 Å². The summed E-state index contributed by atoms with van der Waals surface area (Å²) < 4.78 is 17.9. The molecule has 2 N–H and O–H groups in total. The number of benzene rings is 1. The molecule has 0 spiro atoms. The maximum atomic E-state index is 13.1. The molecule has 0 bridgehead atoms. The molecule has 0 saturated heterocycles. The number of esters is 1. The minimum absolute atomic E-state index is 0.182. The highest BCUT2D eigenvalue weighted by Crippen LogP contribution is 2.10. The van der Waals surface area contributed by atoms with Gasteiger partial charge < -0.3 is 15.4 Å². The van der Waals surface area contributed by atoms with Crippen LogP contribution in [-0.4, -0.2) is 37.0 Å². The molecule has 7 heteroatoms. The van der Waals surface area contributed by atoms with Crippen LogP contribution in [0.25, 0.3) is 0 Å². The minimum Gasteiger partial charge on any atom is -0.467 e. The predicted molar refractivity (Wildman–Crippen MR) is 110 cm³/mol. The molecule has 1 rings (SSSR count). The van der Waals surface area contributed by atoms with Gasteiger partial charge in [-0.1, -0.05) is 37.5 Å². The summed E-state index contributed by atoms with van der Waals surface area (Å²) in [5, 5.41) is 5.28. The largest absolute Gasteiger partial charge is 0.467 e. The van der Waals surface area contributed by atoms with Gasteiger partial charge in [0, 0.05) is 13.3 Å². The molecule has 1 aromatic carbocycles. The van der Waals surface area contributed by atoms with Crippen molar-refractivity contribution in [3.63, 3.8) is 0 Å². The first kappa shape index (κ1) is 24.3. The predicted octanol–water partition coefficient (Wildman–Crippen LogP) is 3.06. The van der Waals surface area contributed by atoms with E-state index in [1.54, 1.807) is 12.1 Å². The molecule has 0 unspecified atom stereocenters. The zero-order valence-electron chi connectivity index (χ0n) is 17.2. The first-order valence-electron chi connectivity index (χ1n) is 9.88. The molecule has 160 valence electrons. The van der Waals surface area contributed by atoms with Crippen molar-refractivity contribution in [2.24, 2.45) is 0 Å². The second-order valence-electron chi connectivity index (χ2n) is 6.95. The third-order valence-corrected chi connectivity index (χ3v) is 4.50. The lowest BCUT2D eigenvalue weighted by atomic mass is 10.0. The number of hydrogen-bond acceptors (Lipinski definition) is 4. The number of amides is 2. The Morgan fingerprint density at radius 3 is 2.31 bits per heavy atom. The van der Waals surface area contributed by atoms with Gasteiger partial charge in [0.05, 0.1) is 7.11 Å². The van der Waals surface area contributed by atoms with Gasteiger partial charge in [-0.15, -0.1) is 6.58 Å². The van der Waals surface area contributed by atoms with E-state index in [9.17, 15) is 18.8 Å². The second-order valence-corrected chi connectivity index (χ2v) is 6.95. The monoisotopic (exact) mass is 406 g/mol. The summed E-state index contributed by atoms with van der Waals surface area (Å²) in [4.78, 5) is 36.3. The minimum atomic E-state index is -0.877. The highest BCUT2D eigenvalue weighted by Gasteiger charge is 2.26. The van der Waals surface area contributed by atoms with E-state index in [0.717, 1.165) is 32.1 Å². The summed E-state index contributed by atoms with van der Waals surface area (Å²) in [7, 11) is 1.27. The lowest BCUT2D eigenvalue weighted by molar-refractivity contribution is -0.145. The standard InChI is InChI=1S/C22H31FN2O4/c1-4-5-6-7-8-9-10-19(22(28)29-3)25-21(27)20(24-16(2)26)15-17-11-13-18(23)14-12-17/h4,11-14,19-20H,1,5-10,15H2,2-3H3,(H,24,26)(H,25,27)/t19-,20-/m0/s1. The Bertz CT molecular complexity index is 676. The average molecular weight is 406 g/mol. The molecule has 0 radical (unpaired) electrons. The zero-order valence-corrected chi connectivity index (χ0v) is 17.2. The molecular formula is C22H31FN2O4. The summed E-state index contributed by atoms with van der Waals surface area (Å²) in [6.07, 6.45) is 7.23. The van der Waals surface area contributed by atoms with E-state index in [0.29, 0.717) is 12.0 Å². The van der Waals surface area contributed by atoms with Gasteiger partial charge in [-0.3, -0.25) is 9.59 Å². The van der Waals surface area contributed by atoms with Crippen molar-refractivity contribution < 1.29 is 23.5 Å². The third-order valence-electron chi connectivity index (χ3n) is 4.50. The third kappa shape index (κ3) is 9.87. The molecule has 0 heterocycles. The quantitative estimate of drug-likeness (QED) is 0.300. The maximum Gasteiger partial charge on any atom is 0.328 e. The van der Waals surface area contributed by atoms with Crippen LogP contribution in [-0.2, 0) is 25.5 Å². The van der Waals surface area contributed by atoms with E-state index in [4.69, 9.17) is 4.74 Å². The SMILES string of the molecule is C=CCCCCCC[C@H](NC(=O)[C@H](Cc1ccc(F)cc1)NC(C)=O)C(=O)OC. The molecule has 0 aliphatic rings. The fourth-order valence-corrected chi connectivity index (χ4v) is 2.97. The average Bonchev–Trinajstić information content (AvgIpc) is 2.69. The molecule has 0 saturated carbocycles. The van der Waals surface area contributed by atoms with Gasteiger partial charge >= 0.3 is 5.97 Å². The van der Waals surface area contributed by atoms with Crippen molar-refractivity contribution in [3.05, 3.63) is 48.3 Å². The van der Waals surface area contributed by atoms with Gasteiger partial charge in [-0.05, 0) is 37.0 Å². The topological polar surface area (TPSA) is 84.5 Å². The van der Waals surface area contributed by atoms with Crippen molar-refractivity contribution in [3.8, 4) is 0 Å². The summed E-state index contributed by atoms with van der Waals surface area (Å²) >= 11 is 0. The van der Waals surface area contributed by atoms with Crippen LogP contribution in [0.4, 0.5) is 4.39 Å². The lowest BCUT2D eigenvalue weighted by Gasteiger charge is -2.22. The number of carbonyl (C=O) groups excluding carboxylic acids is 3. The number of methoxy groups -OCH3 is 1. The van der Waals surface area contributed by atoms with Gasteiger partial charge in [0.2, 0.25) is 11.8 Å². The lowest BCUT2D eigenvalue weighted by Crippen LogP contribution is -2.52. The summed E-state index contributed by atoms with van der Waals surface area (Å²) in [5.74, 6) is -1.75. The van der Waals surface area contributed by atoms with E-state index >= 15 is 0 Å². The van der Waals surface area contributed by atoms with Crippen LogP contribution in [0.2, 0.25) is 0 Å². The first-order valence-corrected chi connectivity index (χ1v) is 9.88. The van der Waals surface area contributed by atoms with Gasteiger partial charge in [0.1, 0.15) is 17.9 Å². The van der Waals surface area contributed by atoms with Crippen molar-refractivity contribution in [1.29, 1.82) is 0 Å². The van der Waals surface area contributed by atoms with Crippen LogP contribution in [0.5, 0.6) is 0 Å². The van der Waals surface area contributed by atoms with Crippen molar-refractivity contribution in [2.45, 2.75) is 64.0 Å². The highest BCUT2D eigenvalue weighted by atomic mass is 19.1. The number of rotatable bonds is 13. The molecule has 2 amide bonds. The fourth-order valence-electron chi connectivity index (χ4n) is 2.97. The molecule has 0 aliphatic carbocycles. The Morgan fingerprint density at radius 1 is 1.07 bits per heavy atom. The Kier molecular flexibility index (Phi) is 11.3. The molecule has 0 fully saturated rings. The molecule has 1 aromatic rings. The molecule has 0 aromatic heterocycles. The van der Waals surface area contributed by atoms with E-state index < -0.39 is 24.0 Å². The van der Waals surface area contributed by atoms with Crippen molar-refractivity contribution in [2.75, 3.05) is 7.11 Å². The van der Waals surface area contributed by atoms with E-state index in [-0.39, 0.29) is 18.1 Å². The molecule has 29 heavy (non-hydrogen) atoms. The van der Waals surface area contributed by atoms with Crippen molar-refractivity contribution in [1.82, 2.24) is 10.6 Å². The van der Waals surface area contributed by atoms with Crippen LogP contribution in [0, 0.1) is 5.82 Å². The highest BCUT2D eigenvalue weighted by molar-refractivity contribution is 5.90. The van der Waals surface area contributed by atoms with Crippen LogP contribution in [0.15, 0.2) is 36.9 Å². The van der Waals surface area contributed by atoms with E-state index in [2.05, 4.69) is 17.2 Å². The normalized spacial score (nSPS) is 12.5. The number of unbranched alkanes of at least 4 members (excludes halogenated alkanes) is 4. The van der Waals surface area contributed by atoms with E-state index in [1.165, 1.54) is 26.2 Å². The summed E-state index contributed by atoms with van der Waals surface area (Å²) in [5.41, 5.74) is 0.692. The molecular weight excluding hydrogens is 375 g/mol. The number of allylic oxidation sites excluding steroid dienone is 1. The number of ether oxygens (including phenoxy) is 1. The number of halogens is 1. The summed E-state index contributed by atoms with van der Waals surface area (Å²) in [6.45, 7) is 5.00. The Hall–Kier alpha value is -2.70. The van der Waals surface area contributed by atoms with Gasteiger partial charge in [0.15, 0.2) is 0 Å². The smallest absolute Gasteiger partial charge is 0.328 e. The Morgan fingerprint density at radius 2 is 1.72 bits per heavy atom. The number of nitrogens with one attached hydrogen (secondary N) is 2. The van der Waals surface area contributed by atoms with Crippen LogP contribution >= 0.6 is 0 Å². The fraction of sp³-hybridized carbons (Fsp3) is 0.500. The zero-order chi connectivity index (χ0) is 21.6. The second kappa shape index (κ2) is 13.5. The maximum absolute atomic E-state index is 13.1. The van der Waals surface area contributed by atoms with Crippen LogP contribution < -0.4 is 10.6 Å². The Balaban J connectivity index is 2.71. The van der Waals surface area contributed by atoms with Crippen molar-refractivity contribution >= 4 is 17.8 Å². The molecule has 2 atom stereocenters. The van der Waals surface area contributed by atoms with Gasteiger partial charge in [-0.2, -0.15) is 0 Å². The van der Waals surface area contributed by atoms with Crippen LogP contribution in [0.3, 0.4) is 0 Å². The Labute approximate surface area is 171 Å². The number of hydrogen-bond donors (Lipinski definition) is 2. The first-order chi connectivity index (χ1) is 13.9. The molecule has 0 aliphatic heterocycles. The van der Waals surface area contributed by atoms with Gasteiger partial charge in [0.25, 0.3) is 0 Å². The molecule has 6 nitrogen and oxygen atoms in total.